The Balaban J connectivity index is 1.75. The molecular formula is C14H17N5O2. The van der Waals surface area contributed by atoms with Crippen LogP contribution in [-0.4, -0.2) is 26.5 Å². The predicted molar refractivity (Wildman–Crippen MR) is 77.2 cm³/mol. The second kappa shape index (κ2) is 5.61. The summed E-state index contributed by atoms with van der Waals surface area (Å²) in [6, 6.07) is 4.74. The second-order valence-electron chi connectivity index (χ2n) is 5.46. The van der Waals surface area contributed by atoms with Crippen LogP contribution in [0.2, 0.25) is 0 Å². The van der Waals surface area contributed by atoms with Gasteiger partial charge in [-0.3, -0.25) is 10.1 Å². The number of aryl methyl sites for hydroxylation is 1. The molecule has 0 aliphatic heterocycles. The number of hydrogen-bond donors (Lipinski definition) is 1. The maximum Gasteiger partial charge on any atom is 0.271 e. The van der Waals surface area contributed by atoms with Gasteiger partial charge in [0.1, 0.15) is 0 Å². The van der Waals surface area contributed by atoms with Crippen molar-refractivity contribution in [2.24, 2.45) is 5.92 Å². The van der Waals surface area contributed by atoms with Crippen LogP contribution in [-0.2, 0) is 6.54 Å². The average Bonchev–Trinajstić information content (AvgIpc) is 3.16. The smallest absolute Gasteiger partial charge is 0.271 e. The largest absolute Gasteiger partial charge is 0.311 e. The number of nitrogens with zero attached hydrogens (tertiary/aromatic N) is 4. The molecule has 1 fully saturated rings. The van der Waals surface area contributed by atoms with Gasteiger partial charge in [0.25, 0.3) is 5.69 Å². The zero-order valence-corrected chi connectivity index (χ0v) is 11.8. The second-order valence-corrected chi connectivity index (χ2v) is 5.46. The van der Waals surface area contributed by atoms with E-state index >= 15 is 0 Å². The van der Waals surface area contributed by atoms with Gasteiger partial charge in [0.2, 0.25) is 0 Å². The van der Waals surface area contributed by atoms with Crippen molar-refractivity contribution in [3.63, 3.8) is 0 Å². The molecule has 1 aromatic heterocycles. The van der Waals surface area contributed by atoms with Gasteiger partial charge in [0.05, 0.1) is 22.5 Å². The molecule has 1 aliphatic rings. The minimum atomic E-state index is -0.405. The van der Waals surface area contributed by atoms with Gasteiger partial charge < -0.3 is 5.32 Å². The zero-order valence-electron chi connectivity index (χ0n) is 11.8. The Labute approximate surface area is 122 Å². The van der Waals surface area contributed by atoms with E-state index in [9.17, 15) is 10.1 Å². The lowest BCUT2D eigenvalue weighted by atomic mass is 10.2. The van der Waals surface area contributed by atoms with Gasteiger partial charge in [-0.05, 0) is 37.8 Å². The maximum absolute atomic E-state index is 10.9. The molecule has 0 amide bonds. The molecule has 21 heavy (non-hydrogen) atoms. The Morgan fingerprint density at radius 1 is 1.48 bits per heavy atom. The molecule has 1 N–H and O–H groups in total. The molecule has 2 aromatic rings. The molecule has 1 heterocycles. The number of nitro groups is 1. The SMILES string of the molecule is Cc1ccc([N+](=O)[O-])cc1-n1cc(CNCC2CC2)nn1. The lowest BCUT2D eigenvalue weighted by Gasteiger charge is -2.04. The van der Waals surface area contributed by atoms with Gasteiger partial charge >= 0.3 is 0 Å². The van der Waals surface area contributed by atoms with E-state index in [1.165, 1.54) is 25.0 Å². The number of rotatable bonds is 6. The van der Waals surface area contributed by atoms with Crippen molar-refractivity contribution >= 4 is 5.69 Å². The molecule has 0 unspecified atom stereocenters. The standard InChI is InChI=1S/C14H17N5O2/c1-10-2-5-13(19(20)21)6-14(10)18-9-12(16-17-18)8-15-7-11-3-4-11/h2,5-6,9,11,15H,3-4,7-8H2,1H3. The van der Waals surface area contributed by atoms with Gasteiger partial charge in [-0.1, -0.05) is 11.3 Å². The van der Waals surface area contributed by atoms with Crippen molar-refractivity contribution in [2.75, 3.05) is 6.54 Å². The van der Waals surface area contributed by atoms with E-state index in [0.29, 0.717) is 12.2 Å². The summed E-state index contributed by atoms with van der Waals surface area (Å²) < 4.78 is 1.59. The molecule has 0 bridgehead atoms. The van der Waals surface area contributed by atoms with E-state index in [4.69, 9.17) is 0 Å². The Morgan fingerprint density at radius 2 is 2.29 bits per heavy atom. The van der Waals surface area contributed by atoms with Crippen LogP contribution in [0.15, 0.2) is 24.4 Å². The van der Waals surface area contributed by atoms with Crippen LogP contribution < -0.4 is 5.32 Å². The number of aromatic nitrogens is 3. The van der Waals surface area contributed by atoms with E-state index in [1.54, 1.807) is 10.7 Å². The van der Waals surface area contributed by atoms with Crippen molar-refractivity contribution in [3.8, 4) is 5.69 Å². The van der Waals surface area contributed by atoms with Crippen molar-refractivity contribution in [3.05, 3.63) is 45.8 Å². The first-order chi connectivity index (χ1) is 10.1. The van der Waals surface area contributed by atoms with Crippen LogP contribution in [0, 0.1) is 23.0 Å². The van der Waals surface area contributed by atoms with Gasteiger partial charge in [-0.2, -0.15) is 0 Å². The first kappa shape index (κ1) is 13.7. The van der Waals surface area contributed by atoms with Crippen LogP contribution >= 0.6 is 0 Å². The highest BCUT2D eigenvalue weighted by atomic mass is 16.6. The first-order valence-corrected chi connectivity index (χ1v) is 7.01. The quantitative estimate of drug-likeness (QED) is 0.648. The Kier molecular flexibility index (Phi) is 3.66. The highest BCUT2D eigenvalue weighted by Gasteiger charge is 2.20. The lowest BCUT2D eigenvalue weighted by Crippen LogP contribution is -2.16. The summed E-state index contributed by atoms with van der Waals surface area (Å²) in [5.74, 6) is 0.819. The Bertz CT molecular complexity index is 663. The van der Waals surface area contributed by atoms with E-state index in [-0.39, 0.29) is 5.69 Å². The summed E-state index contributed by atoms with van der Waals surface area (Å²) in [6.45, 7) is 3.58. The number of nitro benzene ring substituents is 1. The third kappa shape index (κ3) is 3.25. The molecule has 0 saturated heterocycles. The molecular weight excluding hydrogens is 270 g/mol. The fraction of sp³-hybridized carbons (Fsp3) is 0.429. The highest BCUT2D eigenvalue weighted by Crippen LogP contribution is 2.27. The van der Waals surface area contributed by atoms with E-state index in [2.05, 4.69) is 15.6 Å². The topological polar surface area (TPSA) is 85.9 Å². The molecule has 1 aromatic carbocycles. The third-order valence-corrected chi connectivity index (χ3v) is 3.63. The Morgan fingerprint density at radius 3 is 3.00 bits per heavy atom. The highest BCUT2D eigenvalue weighted by molar-refractivity contribution is 5.48. The molecule has 0 spiro atoms. The number of nitrogens with one attached hydrogen (secondary N) is 1. The average molecular weight is 287 g/mol. The Hall–Kier alpha value is -2.28. The number of non-ortho nitro benzene ring substituents is 1. The first-order valence-electron chi connectivity index (χ1n) is 7.01. The van der Waals surface area contributed by atoms with E-state index in [0.717, 1.165) is 23.7 Å². The van der Waals surface area contributed by atoms with Crippen LogP contribution in [0.1, 0.15) is 24.1 Å². The molecule has 1 saturated carbocycles. The number of hydrogen-bond acceptors (Lipinski definition) is 5. The predicted octanol–water partition coefficient (Wildman–Crippen LogP) is 1.98. The normalized spacial score (nSPS) is 14.3. The minimum absolute atomic E-state index is 0.0551. The maximum atomic E-state index is 10.9. The van der Waals surface area contributed by atoms with Gasteiger partial charge in [0.15, 0.2) is 0 Å². The fourth-order valence-corrected chi connectivity index (χ4v) is 2.18. The lowest BCUT2D eigenvalue weighted by molar-refractivity contribution is -0.384. The van der Waals surface area contributed by atoms with E-state index < -0.39 is 4.92 Å². The zero-order chi connectivity index (χ0) is 14.8. The molecule has 110 valence electrons. The van der Waals surface area contributed by atoms with Crippen molar-refractivity contribution < 1.29 is 4.92 Å². The van der Waals surface area contributed by atoms with E-state index in [1.807, 2.05) is 13.1 Å². The van der Waals surface area contributed by atoms with Crippen LogP contribution in [0.3, 0.4) is 0 Å². The third-order valence-electron chi connectivity index (χ3n) is 3.63. The molecule has 1 aliphatic carbocycles. The molecule has 7 nitrogen and oxygen atoms in total. The van der Waals surface area contributed by atoms with Gasteiger partial charge in [-0.15, -0.1) is 5.10 Å². The number of benzene rings is 1. The van der Waals surface area contributed by atoms with Crippen molar-refractivity contribution in [2.45, 2.75) is 26.3 Å². The summed E-state index contributed by atoms with van der Waals surface area (Å²) in [6.07, 6.45) is 4.44. The summed E-state index contributed by atoms with van der Waals surface area (Å²) >= 11 is 0. The molecule has 7 heteroatoms. The van der Waals surface area contributed by atoms with Crippen LogP contribution in [0.4, 0.5) is 5.69 Å². The summed E-state index contributed by atoms with van der Waals surface area (Å²) in [5.41, 5.74) is 2.49. The summed E-state index contributed by atoms with van der Waals surface area (Å²) in [5, 5.41) is 22.4. The van der Waals surface area contributed by atoms with Crippen molar-refractivity contribution in [1.29, 1.82) is 0 Å². The fourth-order valence-electron chi connectivity index (χ4n) is 2.18. The van der Waals surface area contributed by atoms with Crippen LogP contribution in [0.5, 0.6) is 0 Å². The summed E-state index contributed by atoms with van der Waals surface area (Å²) in [4.78, 5) is 10.5. The molecule has 0 atom stereocenters. The van der Waals surface area contributed by atoms with Crippen LogP contribution in [0.25, 0.3) is 5.69 Å². The van der Waals surface area contributed by atoms with Gasteiger partial charge in [0, 0.05) is 18.7 Å². The summed E-state index contributed by atoms with van der Waals surface area (Å²) in [7, 11) is 0. The monoisotopic (exact) mass is 287 g/mol. The van der Waals surface area contributed by atoms with Crippen molar-refractivity contribution in [1.82, 2.24) is 20.3 Å². The van der Waals surface area contributed by atoms with Gasteiger partial charge in [-0.25, -0.2) is 4.68 Å². The minimum Gasteiger partial charge on any atom is -0.311 e. The molecule has 0 radical (unpaired) electrons. The molecule has 3 rings (SSSR count).